The summed E-state index contributed by atoms with van der Waals surface area (Å²) in [6.07, 6.45) is 3.69. The van der Waals surface area contributed by atoms with Gasteiger partial charge in [-0.25, -0.2) is 0 Å². The summed E-state index contributed by atoms with van der Waals surface area (Å²) in [6.45, 7) is 3.49. The van der Waals surface area contributed by atoms with E-state index < -0.39 is 0 Å². The van der Waals surface area contributed by atoms with E-state index in [0.717, 1.165) is 31.7 Å². The largest absolute Gasteiger partial charge is 0.494 e. The van der Waals surface area contributed by atoms with Crippen LogP contribution < -0.4 is 15.4 Å². The molecule has 1 aliphatic rings. The number of nitrogens with one attached hydrogen (secondary N) is 2. The summed E-state index contributed by atoms with van der Waals surface area (Å²) in [5.74, 6) is 1.73. The topological polar surface area (TPSA) is 50.4 Å². The Hall–Kier alpha value is -1.26. The first-order valence-corrected chi connectivity index (χ1v) is 7.50. The predicted molar refractivity (Wildman–Crippen MR) is 87.0 cm³/mol. The molecular formula is C16H25ClN2O2. The number of benzene rings is 1. The van der Waals surface area contributed by atoms with Gasteiger partial charge >= 0.3 is 0 Å². The van der Waals surface area contributed by atoms with Crippen molar-refractivity contribution in [2.45, 2.75) is 25.7 Å². The zero-order valence-corrected chi connectivity index (χ0v) is 13.2. The molecule has 2 N–H and O–H groups in total. The monoisotopic (exact) mass is 312 g/mol. The molecule has 4 nitrogen and oxygen atoms in total. The van der Waals surface area contributed by atoms with E-state index in [1.165, 1.54) is 6.42 Å². The summed E-state index contributed by atoms with van der Waals surface area (Å²) < 4.78 is 5.57. The fourth-order valence-corrected chi connectivity index (χ4v) is 2.39. The summed E-state index contributed by atoms with van der Waals surface area (Å²) in [5, 5.41) is 6.28. The van der Waals surface area contributed by atoms with Crippen molar-refractivity contribution in [2.75, 3.05) is 26.2 Å². The summed E-state index contributed by atoms with van der Waals surface area (Å²) >= 11 is 0. The van der Waals surface area contributed by atoms with E-state index in [2.05, 4.69) is 10.6 Å². The van der Waals surface area contributed by atoms with Crippen molar-refractivity contribution in [1.29, 1.82) is 0 Å². The molecule has 1 saturated heterocycles. The summed E-state index contributed by atoms with van der Waals surface area (Å²) in [6, 6.07) is 9.75. The van der Waals surface area contributed by atoms with E-state index in [-0.39, 0.29) is 18.3 Å². The van der Waals surface area contributed by atoms with E-state index >= 15 is 0 Å². The number of carbonyl (C=O) groups excluding carboxylic acids is 1. The van der Waals surface area contributed by atoms with Crippen LogP contribution in [0.15, 0.2) is 30.3 Å². The minimum absolute atomic E-state index is 0. The quantitative estimate of drug-likeness (QED) is 0.725. The van der Waals surface area contributed by atoms with Gasteiger partial charge in [0, 0.05) is 13.0 Å². The highest BCUT2D eigenvalue weighted by Gasteiger charge is 2.15. The van der Waals surface area contributed by atoms with Gasteiger partial charge in [0.15, 0.2) is 0 Å². The van der Waals surface area contributed by atoms with Crippen LogP contribution >= 0.6 is 12.4 Å². The van der Waals surface area contributed by atoms with Crippen molar-refractivity contribution in [3.63, 3.8) is 0 Å². The summed E-state index contributed by atoms with van der Waals surface area (Å²) in [7, 11) is 0. The molecule has 118 valence electrons. The van der Waals surface area contributed by atoms with Gasteiger partial charge in [0.2, 0.25) is 5.91 Å². The average Bonchev–Trinajstić information content (AvgIpc) is 2.99. The third-order valence-electron chi connectivity index (χ3n) is 3.60. The Bertz CT molecular complexity index is 395. The summed E-state index contributed by atoms with van der Waals surface area (Å²) in [4.78, 5) is 11.7. The number of hydrogen-bond acceptors (Lipinski definition) is 3. The smallest absolute Gasteiger partial charge is 0.220 e. The van der Waals surface area contributed by atoms with Gasteiger partial charge in [-0.3, -0.25) is 4.79 Å². The van der Waals surface area contributed by atoms with Crippen LogP contribution in [0.2, 0.25) is 0 Å². The molecule has 1 atom stereocenters. The maximum atomic E-state index is 11.7. The van der Waals surface area contributed by atoms with Crippen LogP contribution in [0.25, 0.3) is 0 Å². The lowest BCUT2D eigenvalue weighted by Crippen LogP contribution is -2.26. The number of para-hydroxylation sites is 1. The molecule has 0 radical (unpaired) electrons. The predicted octanol–water partition coefficient (Wildman–Crippen LogP) is 2.38. The molecule has 0 aromatic heterocycles. The molecule has 0 bridgehead atoms. The SMILES string of the molecule is Cl.O=C(CCC1CCNC1)NCCCOc1ccccc1. The van der Waals surface area contributed by atoms with Gasteiger partial charge in [0.1, 0.15) is 5.75 Å². The highest BCUT2D eigenvalue weighted by molar-refractivity contribution is 5.85. The normalized spacial score (nSPS) is 17.0. The van der Waals surface area contributed by atoms with Gasteiger partial charge in [0.25, 0.3) is 0 Å². The first kappa shape index (κ1) is 17.8. The van der Waals surface area contributed by atoms with Crippen LogP contribution in [0.5, 0.6) is 5.75 Å². The Labute approximate surface area is 133 Å². The Morgan fingerprint density at radius 2 is 2.14 bits per heavy atom. The molecule has 1 aliphatic heterocycles. The average molecular weight is 313 g/mol. The standard InChI is InChI=1S/C16H24N2O2.ClH/c19-16(8-7-14-9-11-17-13-14)18-10-4-12-20-15-5-2-1-3-6-15;/h1-3,5-6,14,17H,4,7-13H2,(H,18,19);1H. The Balaban J connectivity index is 0.00000220. The van der Waals surface area contributed by atoms with Gasteiger partial charge in [-0.15, -0.1) is 12.4 Å². The molecular weight excluding hydrogens is 288 g/mol. The molecule has 1 fully saturated rings. The highest BCUT2D eigenvalue weighted by Crippen LogP contribution is 2.13. The van der Waals surface area contributed by atoms with E-state index in [1.54, 1.807) is 0 Å². The fraction of sp³-hybridized carbons (Fsp3) is 0.562. The molecule has 1 aromatic carbocycles. The van der Waals surface area contributed by atoms with Crippen LogP contribution in [-0.4, -0.2) is 32.1 Å². The Kier molecular flexibility index (Phi) is 8.87. The van der Waals surface area contributed by atoms with Crippen LogP contribution in [0, 0.1) is 5.92 Å². The van der Waals surface area contributed by atoms with E-state index in [1.807, 2.05) is 30.3 Å². The maximum absolute atomic E-state index is 11.7. The van der Waals surface area contributed by atoms with E-state index in [0.29, 0.717) is 25.5 Å². The lowest BCUT2D eigenvalue weighted by atomic mass is 10.0. The second kappa shape index (κ2) is 10.5. The zero-order valence-electron chi connectivity index (χ0n) is 12.3. The molecule has 2 rings (SSSR count). The molecule has 0 aliphatic carbocycles. The van der Waals surface area contributed by atoms with E-state index in [9.17, 15) is 4.79 Å². The zero-order chi connectivity index (χ0) is 14.0. The van der Waals surface area contributed by atoms with Crippen molar-refractivity contribution >= 4 is 18.3 Å². The maximum Gasteiger partial charge on any atom is 0.220 e. The van der Waals surface area contributed by atoms with Gasteiger partial charge < -0.3 is 15.4 Å². The Morgan fingerprint density at radius 3 is 2.86 bits per heavy atom. The minimum Gasteiger partial charge on any atom is -0.494 e. The molecule has 1 heterocycles. The van der Waals surface area contributed by atoms with Crippen molar-refractivity contribution in [3.8, 4) is 5.75 Å². The lowest BCUT2D eigenvalue weighted by molar-refractivity contribution is -0.121. The van der Waals surface area contributed by atoms with Crippen molar-refractivity contribution in [1.82, 2.24) is 10.6 Å². The second-order valence-electron chi connectivity index (χ2n) is 5.26. The van der Waals surface area contributed by atoms with Crippen LogP contribution in [0.4, 0.5) is 0 Å². The number of rotatable bonds is 8. The highest BCUT2D eigenvalue weighted by atomic mass is 35.5. The van der Waals surface area contributed by atoms with Crippen molar-refractivity contribution in [2.24, 2.45) is 5.92 Å². The van der Waals surface area contributed by atoms with Crippen LogP contribution in [-0.2, 0) is 4.79 Å². The number of ether oxygens (including phenoxy) is 1. The molecule has 21 heavy (non-hydrogen) atoms. The molecule has 1 amide bonds. The van der Waals surface area contributed by atoms with Gasteiger partial charge in [-0.1, -0.05) is 18.2 Å². The molecule has 1 unspecified atom stereocenters. The first-order valence-electron chi connectivity index (χ1n) is 7.50. The van der Waals surface area contributed by atoms with Crippen LogP contribution in [0.1, 0.15) is 25.7 Å². The van der Waals surface area contributed by atoms with Gasteiger partial charge in [0.05, 0.1) is 6.61 Å². The van der Waals surface area contributed by atoms with Gasteiger partial charge in [-0.2, -0.15) is 0 Å². The number of amides is 1. The number of carbonyl (C=O) groups is 1. The van der Waals surface area contributed by atoms with Gasteiger partial charge in [-0.05, 0) is 50.4 Å². The second-order valence-corrected chi connectivity index (χ2v) is 5.26. The third kappa shape index (κ3) is 7.34. The van der Waals surface area contributed by atoms with Crippen molar-refractivity contribution < 1.29 is 9.53 Å². The number of hydrogen-bond donors (Lipinski definition) is 2. The van der Waals surface area contributed by atoms with Crippen molar-refractivity contribution in [3.05, 3.63) is 30.3 Å². The molecule has 1 aromatic rings. The lowest BCUT2D eigenvalue weighted by Gasteiger charge is -2.09. The third-order valence-corrected chi connectivity index (χ3v) is 3.60. The van der Waals surface area contributed by atoms with Crippen LogP contribution in [0.3, 0.4) is 0 Å². The molecule has 0 saturated carbocycles. The Morgan fingerprint density at radius 1 is 1.33 bits per heavy atom. The number of halogens is 1. The minimum atomic E-state index is 0. The first-order chi connectivity index (χ1) is 9.84. The molecule has 5 heteroatoms. The fourth-order valence-electron chi connectivity index (χ4n) is 2.39. The summed E-state index contributed by atoms with van der Waals surface area (Å²) in [5.41, 5.74) is 0. The van der Waals surface area contributed by atoms with E-state index in [4.69, 9.17) is 4.74 Å². The molecule has 0 spiro atoms.